The zero-order valence-corrected chi connectivity index (χ0v) is 16.6. The van der Waals surface area contributed by atoms with Crippen LogP contribution >= 0.6 is 0 Å². The predicted octanol–water partition coefficient (Wildman–Crippen LogP) is 6.96. The molecule has 4 nitrogen and oxygen atoms in total. The van der Waals surface area contributed by atoms with E-state index in [0.717, 1.165) is 44.8 Å². The summed E-state index contributed by atoms with van der Waals surface area (Å²) in [4.78, 5) is 4.58. The van der Waals surface area contributed by atoms with Crippen LogP contribution in [0.1, 0.15) is 5.89 Å². The maximum Gasteiger partial charge on any atom is 0.225 e. The van der Waals surface area contributed by atoms with Gasteiger partial charge in [0, 0.05) is 0 Å². The van der Waals surface area contributed by atoms with Crippen LogP contribution in [0.5, 0.6) is 5.75 Å². The molecule has 4 aromatic carbocycles. The van der Waals surface area contributed by atoms with E-state index >= 15 is 0 Å². The van der Waals surface area contributed by atoms with Crippen LogP contribution in [0.4, 0.5) is 5.69 Å². The second kappa shape index (κ2) is 7.18. The number of oxazole rings is 1. The molecule has 1 N–H and O–H groups in total. The van der Waals surface area contributed by atoms with Crippen LogP contribution < -0.4 is 10.1 Å². The van der Waals surface area contributed by atoms with E-state index in [-0.39, 0.29) is 0 Å². The zero-order valence-electron chi connectivity index (χ0n) is 16.6. The number of hydrogen-bond acceptors (Lipinski definition) is 4. The second-order valence-corrected chi connectivity index (χ2v) is 7.41. The van der Waals surface area contributed by atoms with Gasteiger partial charge >= 0.3 is 0 Å². The van der Waals surface area contributed by atoms with Gasteiger partial charge in [-0.3, -0.25) is 0 Å². The molecule has 0 saturated carbocycles. The lowest BCUT2D eigenvalue weighted by molar-refractivity contribution is 0.459. The van der Waals surface area contributed by atoms with Crippen LogP contribution in [0.2, 0.25) is 0 Å². The minimum absolute atomic E-state index is 0.499. The fraction of sp³-hybridized carbons (Fsp3) is 0. The first kappa shape index (κ1) is 17.5. The monoisotopic (exact) mass is 402 g/mol. The van der Waals surface area contributed by atoms with Gasteiger partial charge in [-0.1, -0.05) is 72.8 Å². The average molecular weight is 402 g/mol. The Hall–Kier alpha value is -4.31. The third-order valence-corrected chi connectivity index (χ3v) is 5.33. The number of nitrogens with zero attached hydrogens (tertiary/aromatic N) is 1. The number of rotatable bonds is 3. The van der Waals surface area contributed by atoms with Crippen molar-refractivity contribution < 1.29 is 9.15 Å². The van der Waals surface area contributed by atoms with Crippen LogP contribution in [-0.2, 0) is 0 Å². The highest BCUT2D eigenvalue weighted by molar-refractivity contribution is 5.81. The number of benzene rings is 4. The molecule has 148 valence electrons. The Balaban J connectivity index is 1.28. The van der Waals surface area contributed by atoms with Gasteiger partial charge in [-0.2, -0.15) is 0 Å². The molecule has 0 saturated heterocycles. The molecule has 2 heterocycles. The largest absolute Gasteiger partial charge is 0.439 e. The van der Waals surface area contributed by atoms with Crippen molar-refractivity contribution in [2.24, 2.45) is 0 Å². The van der Waals surface area contributed by atoms with Gasteiger partial charge in [-0.15, -0.1) is 0 Å². The normalized spacial score (nSPS) is 13.7. The van der Waals surface area contributed by atoms with E-state index in [0.29, 0.717) is 11.8 Å². The summed E-state index contributed by atoms with van der Waals surface area (Å²) in [5.41, 5.74) is 6.99. The van der Waals surface area contributed by atoms with Crippen molar-refractivity contribution in [1.82, 2.24) is 4.98 Å². The zero-order chi connectivity index (χ0) is 20.6. The van der Waals surface area contributed by atoms with Crippen molar-refractivity contribution in [2.75, 3.05) is 5.32 Å². The maximum absolute atomic E-state index is 6.01. The molecule has 0 spiro atoms. The van der Waals surface area contributed by atoms with Gasteiger partial charge in [0.25, 0.3) is 0 Å². The Labute approximate surface area is 179 Å². The average Bonchev–Trinajstić information content (AvgIpc) is 3.42. The lowest BCUT2D eigenvalue weighted by Gasteiger charge is -2.03. The molecule has 5 aromatic rings. The van der Waals surface area contributed by atoms with Gasteiger partial charge in [0.2, 0.25) is 11.8 Å². The van der Waals surface area contributed by atoms with Crippen molar-refractivity contribution in [3.05, 3.63) is 109 Å². The van der Waals surface area contributed by atoms with Crippen LogP contribution in [0.15, 0.2) is 107 Å². The fourth-order valence-corrected chi connectivity index (χ4v) is 3.79. The minimum Gasteiger partial charge on any atom is -0.439 e. The molecule has 0 bridgehead atoms. The van der Waals surface area contributed by atoms with E-state index in [1.165, 1.54) is 0 Å². The summed E-state index contributed by atoms with van der Waals surface area (Å²) in [6.07, 6.45) is 1.78. The Bertz CT molecular complexity index is 1420. The molecule has 0 amide bonds. The van der Waals surface area contributed by atoms with Crippen molar-refractivity contribution in [1.29, 1.82) is 0 Å². The van der Waals surface area contributed by atoms with Crippen LogP contribution in [0.25, 0.3) is 39.4 Å². The lowest BCUT2D eigenvalue weighted by atomic mass is 10.1. The molecular formula is C27H18N2O2. The number of fused-ring (bicyclic) bond motifs is 2. The summed E-state index contributed by atoms with van der Waals surface area (Å²) in [6, 6.07) is 32.7. The highest BCUT2D eigenvalue weighted by Crippen LogP contribution is 2.37. The summed E-state index contributed by atoms with van der Waals surface area (Å²) >= 11 is 0. The summed E-state index contributed by atoms with van der Waals surface area (Å²) < 4.78 is 12.0. The van der Waals surface area contributed by atoms with Gasteiger partial charge in [0.15, 0.2) is 11.3 Å². The maximum atomic E-state index is 6.01. The molecule has 4 heteroatoms. The highest BCUT2D eigenvalue weighted by Gasteiger charge is 2.18. The van der Waals surface area contributed by atoms with Crippen LogP contribution in [0, 0.1) is 0 Å². The van der Waals surface area contributed by atoms with E-state index in [4.69, 9.17) is 9.15 Å². The van der Waals surface area contributed by atoms with Crippen molar-refractivity contribution in [2.45, 2.75) is 0 Å². The standard InChI is InChI=1S/C27H18N2O2/c1-3-7-18(8-4-1)20-11-13-22-24(15-20)30-26(28-22)17-27-29-23-14-12-21(16-25(23)31-27)19-9-5-2-6-10-19/h1-17,28H/b26-17+. The van der Waals surface area contributed by atoms with E-state index in [1.54, 1.807) is 6.08 Å². The minimum atomic E-state index is 0.499. The SMILES string of the molecule is C(=C1/Nc2ccc(-c3ccccc3)cc2O1)/c1nc2ccc(-c3ccccc3)cc2o1. The highest BCUT2D eigenvalue weighted by atomic mass is 16.5. The first-order valence-electron chi connectivity index (χ1n) is 10.1. The lowest BCUT2D eigenvalue weighted by Crippen LogP contribution is -1.95. The molecule has 0 aliphatic carbocycles. The summed E-state index contributed by atoms with van der Waals surface area (Å²) in [5.74, 6) is 1.88. The Morgan fingerprint density at radius 2 is 1.35 bits per heavy atom. The molecule has 1 aliphatic rings. The second-order valence-electron chi connectivity index (χ2n) is 7.41. The van der Waals surface area contributed by atoms with Gasteiger partial charge in [0.05, 0.1) is 11.8 Å². The van der Waals surface area contributed by atoms with E-state index < -0.39 is 0 Å². The molecule has 0 fully saturated rings. The van der Waals surface area contributed by atoms with E-state index in [1.807, 2.05) is 60.7 Å². The topological polar surface area (TPSA) is 47.3 Å². The van der Waals surface area contributed by atoms with Gasteiger partial charge in [-0.25, -0.2) is 4.98 Å². The van der Waals surface area contributed by atoms with Gasteiger partial charge < -0.3 is 14.5 Å². The number of hydrogen-bond donors (Lipinski definition) is 1. The van der Waals surface area contributed by atoms with Gasteiger partial charge in [-0.05, 0) is 46.5 Å². The molecule has 31 heavy (non-hydrogen) atoms. The van der Waals surface area contributed by atoms with Crippen molar-refractivity contribution in [3.8, 4) is 28.0 Å². The Morgan fingerprint density at radius 1 is 0.677 bits per heavy atom. The molecule has 1 aliphatic heterocycles. The molecule has 0 atom stereocenters. The quantitative estimate of drug-likeness (QED) is 0.354. The summed E-state index contributed by atoms with van der Waals surface area (Å²) in [7, 11) is 0. The summed E-state index contributed by atoms with van der Waals surface area (Å²) in [6.45, 7) is 0. The van der Waals surface area contributed by atoms with Gasteiger partial charge in [0.1, 0.15) is 5.52 Å². The van der Waals surface area contributed by atoms with Crippen molar-refractivity contribution >= 4 is 22.9 Å². The van der Waals surface area contributed by atoms with Crippen LogP contribution in [0.3, 0.4) is 0 Å². The molecule has 0 radical (unpaired) electrons. The predicted molar refractivity (Wildman–Crippen MR) is 124 cm³/mol. The first-order chi connectivity index (χ1) is 15.3. The molecule has 6 rings (SSSR count). The number of anilines is 1. The van der Waals surface area contributed by atoms with Crippen LogP contribution in [-0.4, -0.2) is 4.98 Å². The molecular weight excluding hydrogens is 384 g/mol. The van der Waals surface area contributed by atoms with Crippen molar-refractivity contribution in [3.63, 3.8) is 0 Å². The Kier molecular flexibility index (Phi) is 4.06. The Morgan fingerprint density at radius 3 is 2.10 bits per heavy atom. The smallest absolute Gasteiger partial charge is 0.225 e. The number of ether oxygens (including phenoxy) is 1. The first-order valence-corrected chi connectivity index (χ1v) is 10.1. The van der Waals surface area contributed by atoms with E-state index in [2.05, 4.69) is 46.7 Å². The number of nitrogens with one attached hydrogen (secondary N) is 1. The molecule has 0 unspecified atom stereocenters. The number of aromatic nitrogens is 1. The fourth-order valence-electron chi connectivity index (χ4n) is 3.79. The summed E-state index contributed by atoms with van der Waals surface area (Å²) in [5, 5.41) is 3.28. The molecule has 1 aromatic heterocycles. The third kappa shape index (κ3) is 3.34. The third-order valence-electron chi connectivity index (χ3n) is 5.33. The van der Waals surface area contributed by atoms with E-state index in [9.17, 15) is 0 Å².